The minimum atomic E-state index is -0.793. The zero-order valence-corrected chi connectivity index (χ0v) is 53.7. The van der Waals surface area contributed by atoms with Crippen LogP contribution in [0.3, 0.4) is 0 Å². The Morgan fingerprint density at radius 3 is 0.793 bits per heavy atom. The van der Waals surface area contributed by atoms with Crippen LogP contribution >= 0.6 is 0 Å². The summed E-state index contributed by atoms with van der Waals surface area (Å²) in [7, 11) is 0. The van der Waals surface area contributed by atoms with Crippen LogP contribution in [-0.4, -0.2) is 37.2 Å². The Kier molecular flexibility index (Phi) is 65.8. The summed E-state index contributed by atoms with van der Waals surface area (Å²) in [4.78, 5) is 38.3. The predicted octanol–water partition coefficient (Wildman–Crippen LogP) is 23.9. The van der Waals surface area contributed by atoms with Gasteiger partial charge in [-0.15, -0.1) is 0 Å². The highest BCUT2D eigenvalue weighted by atomic mass is 16.6. The van der Waals surface area contributed by atoms with Gasteiger partial charge in [0.05, 0.1) is 0 Å². The number of allylic oxidation sites excluding steroid dienone is 20. The van der Waals surface area contributed by atoms with E-state index in [0.717, 1.165) is 154 Å². The maximum Gasteiger partial charge on any atom is 0.306 e. The molecule has 0 N–H and O–H groups in total. The quantitative estimate of drug-likeness (QED) is 0.0261. The first-order chi connectivity index (χ1) is 40.5. The van der Waals surface area contributed by atoms with Crippen molar-refractivity contribution in [3.05, 3.63) is 122 Å². The molecule has 6 nitrogen and oxygen atoms in total. The van der Waals surface area contributed by atoms with E-state index in [1.165, 1.54) is 128 Å². The Morgan fingerprint density at radius 1 is 0.256 bits per heavy atom. The number of hydrogen-bond acceptors (Lipinski definition) is 6. The Labute approximate surface area is 507 Å². The fourth-order valence-corrected chi connectivity index (χ4v) is 9.52. The van der Waals surface area contributed by atoms with Crippen molar-refractivity contribution < 1.29 is 28.6 Å². The van der Waals surface area contributed by atoms with Crippen LogP contribution in [0.15, 0.2) is 122 Å². The monoisotopic (exact) mass is 1140 g/mol. The molecule has 468 valence electrons. The number of unbranched alkanes of at least 4 members (excludes halogenated alkanes) is 31. The second-order valence-electron chi connectivity index (χ2n) is 22.7. The molecule has 0 heterocycles. The van der Waals surface area contributed by atoms with Crippen molar-refractivity contribution in [3.63, 3.8) is 0 Å². The molecule has 0 saturated carbocycles. The van der Waals surface area contributed by atoms with Crippen LogP contribution in [0.1, 0.15) is 323 Å². The summed E-state index contributed by atoms with van der Waals surface area (Å²) in [6, 6.07) is 0. The molecule has 0 fully saturated rings. The van der Waals surface area contributed by atoms with Crippen molar-refractivity contribution in [2.75, 3.05) is 13.2 Å². The van der Waals surface area contributed by atoms with Crippen molar-refractivity contribution in [2.24, 2.45) is 0 Å². The first-order valence-corrected chi connectivity index (χ1v) is 34.5. The molecule has 82 heavy (non-hydrogen) atoms. The smallest absolute Gasteiger partial charge is 0.306 e. The van der Waals surface area contributed by atoms with Crippen molar-refractivity contribution >= 4 is 17.9 Å². The molecule has 0 radical (unpaired) electrons. The number of carbonyl (C=O) groups is 3. The van der Waals surface area contributed by atoms with Gasteiger partial charge in [0.15, 0.2) is 6.10 Å². The summed E-state index contributed by atoms with van der Waals surface area (Å²) in [6.45, 7) is 6.44. The van der Waals surface area contributed by atoms with E-state index in [4.69, 9.17) is 14.2 Å². The van der Waals surface area contributed by atoms with Gasteiger partial charge in [-0.25, -0.2) is 0 Å². The summed E-state index contributed by atoms with van der Waals surface area (Å²) in [6.07, 6.45) is 96.6. The lowest BCUT2D eigenvalue weighted by Gasteiger charge is -2.18. The highest BCUT2D eigenvalue weighted by Gasteiger charge is 2.19. The number of ether oxygens (including phenoxy) is 3. The van der Waals surface area contributed by atoms with Gasteiger partial charge >= 0.3 is 17.9 Å². The van der Waals surface area contributed by atoms with Crippen LogP contribution < -0.4 is 0 Å². The Hall–Kier alpha value is -4.19. The van der Waals surface area contributed by atoms with Gasteiger partial charge in [-0.05, 0) is 128 Å². The Balaban J connectivity index is 4.17. The fraction of sp³-hybridized carbons (Fsp3) is 0.697. The molecule has 1 atom stereocenters. The van der Waals surface area contributed by atoms with E-state index in [1.54, 1.807) is 0 Å². The van der Waals surface area contributed by atoms with Gasteiger partial charge in [0.2, 0.25) is 0 Å². The van der Waals surface area contributed by atoms with Gasteiger partial charge < -0.3 is 14.2 Å². The number of carbonyl (C=O) groups excluding carboxylic acids is 3. The van der Waals surface area contributed by atoms with Crippen molar-refractivity contribution in [2.45, 2.75) is 329 Å². The number of hydrogen-bond donors (Lipinski definition) is 0. The van der Waals surface area contributed by atoms with Crippen LogP contribution in [0.25, 0.3) is 0 Å². The van der Waals surface area contributed by atoms with Gasteiger partial charge in [-0.3, -0.25) is 14.4 Å². The average molecular weight is 1140 g/mol. The lowest BCUT2D eigenvalue weighted by atomic mass is 10.0. The molecule has 0 amide bonds. The highest BCUT2D eigenvalue weighted by Crippen LogP contribution is 2.16. The molecule has 6 heteroatoms. The molecule has 0 spiro atoms. The third-order valence-electron chi connectivity index (χ3n) is 14.7. The zero-order valence-electron chi connectivity index (χ0n) is 53.7. The Morgan fingerprint density at radius 2 is 0.500 bits per heavy atom. The van der Waals surface area contributed by atoms with E-state index >= 15 is 0 Å². The largest absolute Gasteiger partial charge is 0.462 e. The minimum Gasteiger partial charge on any atom is -0.462 e. The predicted molar refractivity (Wildman–Crippen MR) is 357 cm³/mol. The lowest BCUT2D eigenvalue weighted by molar-refractivity contribution is -0.167. The van der Waals surface area contributed by atoms with Crippen LogP contribution in [0.5, 0.6) is 0 Å². The van der Waals surface area contributed by atoms with E-state index in [9.17, 15) is 14.4 Å². The first-order valence-electron chi connectivity index (χ1n) is 34.5. The summed E-state index contributed by atoms with van der Waals surface area (Å²) < 4.78 is 16.9. The molecule has 1 unspecified atom stereocenters. The molecule has 0 rings (SSSR count). The maximum atomic E-state index is 12.9. The normalized spacial score (nSPS) is 12.9. The van der Waals surface area contributed by atoms with E-state index in [-0.39, 0.29) is 31.1 Å². The van der Waals surface area contributed by atoms with E-state index in [0.29, 0.717) is 19.3 Å². The molecule has 0 aliphatic carbocycles. The fourth-order valence-electron chi connectivity index (χ4n) is 9.52. The Bertz CT molecular complexity index is 1690. The second-order valence-corrected chi connectivity index (χ2v) is 22.7. The first kappa shape index (κ1) is 77.8. The van der Waals surface area contributed by atoms with Crippen LogP contribution in [0.4, 0.5) is 0 Å². The van der Waals surface area contributed by atoms with E-state index < -0.39 is 6.10 Å². The third kappa shape index (κ3) is 66.6. The van der Waals surface area contributed by atoms with Gasteiger partial charge in [0, 0.05) is 19.3 Å². The van der Waals surface area contributed by atoms with E-state index in [2.05, 4.69) is 142 Å². The number of esters is 3. The van der Waals surface area contributed by atoms with Crippen LogP contribution in [0, 0.1) is 0 Å². The topological polar surface area (TPSA) is 78.9 Å². The molecule has 0 aromatic heterocycles. The van der Waals surface area contributed by atoms with Gasteiger partial charge in [0.25, 0.3) is 0 Å². The SMILES string of the molecule is CC/C=C\C/C=C\C/C=C\C/C=C\C/C=C\C/C=C\CCCCCCCCCCCCCCCCCCC(=O)OCC(COC(=O)CCCCCCC/C=C\C/C=C\CCC)OC(=O)CCCCCCC/C=C\C/C=C\CCCCCC. The standard InChI is InChI=1S/C76H128O6/c1-4-7-10-13-16-19-22-25-27-29-30-31-32-33-34-35-36-37-38-39-40-41-42-43-44-45-46-47-49-51-54-57-60-63-66-69-75(78)81-72-73(71-80-74(77)68-65-62-59-56-53-50-24-21-18-15-12-9-6-3)82-76(79)70-67-64-61-58-55-52-48-28-26-23-20-17-14-11-8-5-2/h7,10,12,15-16,19-21,23-25,27-28,30-31,33-34,36-37,48,73H,4-6,8-9,11,13-14,17-18,22,26,29,32,35,38-47,49-72H2,1-3H3/b10-7-,15-12-,19-16-,23-20-,24-21-,27-25-,31-30-,34-33-,37-36-,48-28-. The third-order valence-corrected chi connectivity index (χ3v) is 14.7. The summed E-state index contributed by atoms with van der Waals surface area (Å²) in [5.74, 6) is -0.907. The average Bonchev–Trinajstić information content (AvgIpc) is 3.47. The molecule has 0 aliphatic heterocycles. The highest BCUT2D eigenvalue weighted by molar-refractivity contribution is 5.71. The van der Waals surface area contributed by atoms with Crippen LogP contribution in [-0.2, 0) is 28.6 Å². The molecule has 0 aromatic rings. The maximum absolute atomic E-state index is 12.9. The molecule has 0 saturated heterocycles. The molecule has 0 aromatic carbocycles. The second kappa shape index (κ2) is 69.3. The summed E-state index contributed by atoms with van der Waals surface area (Å²) in [5.41, 5.74) is 0. The molecular formula is C76H128O6. The molecule has 0 bridgehead atoms. The molecule has 0 aliphatic rings. The lowest BCUT2D eigenvalue weighted by Crippen LogP contribution is -2.30. The van der Waals surface area contributed by atoms with E-state index in [1.807, 2.05) is 0 Å². The summed E-state index contributed by atoms with van der Waals surface area (Å²) in [5, 5.41) is 0. The van der Waals surface area contributed by atoms with Crippen molar-refractivity contribution in [1.29, 1.82) is 0 Å². The minimum absolute atomic E-state index is 0.0874. The van der Waals surface area contributed by atoms with Gasteiger partial charge in [-0.1, -0.05) is 296 Å². The molecular weight excluding hydrogens is 1010 g/mol. The van der Waals surface area contributed by atoms with Crippen molar-refractivity contribution in [1.82, 2.24) is 0 Å². The zero-order chi connectivity index (χ0) is 59.2. The van der Waals surface area contributed by atoms with Crippen LogP contribution in [0.2, 0.25) is 0 Å². The van der Waals surface area contributed by atoms with Gasteiger partial charge in [0.1, 0.15) is 13.2 Å². The van der Waals surface area contributed by atoms with Gasteiger partial charge in [-0.2, -0.15) is 0 Å². The number of rotatable bonds is 62. The van der Waals surface area contributed by atoms with Crippen molar-refractivity contribution in [3.8, 4) is 0 Å². The summed E-state index contributed by atoms with van der Waals surface area (Å²) >= 11 is 0.